The molecule has 0 fully saturated rings. The van der Waals surface area contributed by atoms with Crippen molar-refractivity contribution in [1.29, 1.82) is 0 Å². The Bertz CT molecular complexity index is 407. The SMILES string of the molecule is CC(C)CNCc1c(Cl)cccc1N(C)CCC(C)O. The Balaban J connectivity index is 2.76. The van der Waals surface area contributed by atoms with Crippen LogP contribution in [0.3, 0.4) is 0 Å². The zero-order valence-electron chi connectivity index (χ0n) is 13.0. The molecule has 0 saturated carbocycles. The molecule has 1 aromatic carbocycles. The van der Waals surface area contributed by atoms with Crippen LogP contribution in [-0.4, -0.2) is 31.3 Å². The highest BCUT2D eigenvalue weighted by atomic mass is 35.5. The lowest BCUT2D eigenvalue weighted by Crippen LogP contribution is -2.25. The third-order valence-electron chi connectivity index (χ3n) is 3.24. The van der Waals surface area contributed by atoms with Crippen molar-refractivity contribution in [3.63, 3.8) is 0 Å². The van der Waals surface area contributed by atoms with Crippen molar-refractivity contribution in [3.8, 4) is 0 Å². The van der Waals surface area contributed by atoms with Crippen LogP contribution in [0.15, 0.2) is 18.2 Å². The molecule has 0 aliphatic heterocycles. The highest BCUT2D eigenvalue weighted by Crippen LogP contribution is 2.27. The first-order chi connectivity index (χ1) is 9.41. The first-order valence-corrected chi connectivity index (χ1v) is 7.67. The molecular weight excluding hydrogens is 272 g/mol. The van der Waals surface area contributed by atoms with Crippen molar-refractivity contribution < 1.29 is 5.11 Å². The summed E-state index contributed by atoms with van der Waals surface area (Å²) in [6.45, 7) is 8.75. The first kappa shape index (κ1) is 17.3. The maximum Gasteiger partial charge on any atom is 0.0528 e. The number of anilines is 1. The van der Waals surface area contributed by atoms with E-state index in [2.05, 4.69) is 30.1 Å². The standard InChI is InChI=1S/C16H27ClN2O/c1-12(2)10-18-11-14-15(17)6-5-7-16(14)19(4)9-8-13(3)20/h5-7,12-13,18,20H,8-11H2,1-4H3. The average molecular weight is 299 g/mol. The van der Waals surface area contributed by atoms with Crippen LogP contribution in [0.1, 0.15) is 32.8 Å². The Kier molecular flexibility index (Phi) is 7.35. The van der Waals surface area contributed by atoms with Gasteiger partial charge in [0, 0.05) is 36.4 Å². The summed E-state index contributed by atoms with van der Waals surface area (Å²) in [5.74, 6) is 0.619. The number of rotatable bonds is 8. The van der Waals surface area contributed by atoms with Crippen LogP contribution in [-0.2, 0) is 6.54 Å². The Hall–Kier alpha value is -0.770. The number of hydrogen-bond acceptors (Lipinski definition) is 3. The van der Waals surface area contributed by atoms with E-state index >= 15 is 0 Å². The van der Waals surface area contributed by atoms with Crippen LogP contribution in [0.2, 0.25) is 5.02 Å². The van der Waals surface area contributed by atoms with E-state index in [4.69, 9.17) is 11.6 Å². The summed E-state index contributed by atoms with van der Waals surface area (Å²) in [5.41, 5.74) is 2.26. The first-order valence-electron chi connectivity index (χ1n) is 7.29. The van der Waals surface area contributed by atoms with Crippen LogP contribution in [0.4, 0.5) is 5.69 Å². The van der Waals surface area contributed by atoms with Gasteiger partial charge < -0.3 is 15.3 Å². The maximum absolute atomic E-state index is 9.41. The second-order valence-electron chi connectivity index (χ2n) is 5.82. The van der Waals surface area contributed by atoms with Gasteiger partial charge in [0.15, 0.2) is 0 Å². The van der Waals surface area contributed by atoms with Crippen LogP contribution < -0.4 is 10.2 Å². The average Bonchev–Trinajstić information content (AvgIpc) is 2.37. The van der Waals surface area contributed by atoms with E-state index in [0.29, 0.717) is 5.92 Å². The Morgan fingerprint density at radius 1 is 1.30 bits per heavy atom. The molecule has 2 N–H and O–H groups in total. The Morgan fingerprint density at radius 2 is 2.00 bits per heavy atom. The van der Waals surface area contributed by atoms with Gasteiger partial charge in [-0.1, -0.05) is 31.5 Å². The molecular formula is C16H27ClN2O. The second-order valence-corrected chi connectivity index (χ2v) is 6.23. The van der Waals surface area contributed by atoms with Crippen molar-refractivity contribution in [3.05, 3.63) is 28.8 Å². The van der Waals surface area contributed by atoms with Gasteiger partial charge in [-0.05, 0) is 37.9 Å². The van der Waals surface area contributed by atoms with E-state index in [1.807, 2.05) is 26.1 Å². The van der Waals surface area contributed by atoms with Gasteiger partial charge in [0.1, 0.15) is 0 Å². The van der Waals surface area contributed by atoms with Crippen molar-refractivity contribution in [2.75, 3.05) is 25.0 Å². The monoisotopic (exact) mass is 298 g/mol. The molecule has 1 unspecified atom stereocenters. The summed E-state index contributed by atoms with van der Waals surface area (Å²) in [6.07, 6.45) is 0.473. The molecule has 1 atom stereocenters. The number of aliphatic hydroxyl groups is 1. The number of benzene rings is 1. The third kappa shape index (κ3) is 5.70. The molecule has 0 radical (unpaired) electrons. The van der Waals surface area contributed by atoms with Crippen LogP contribution in [0.25, 0.3) is 0 Å². The molecule has 4 heteroatoms. The number of aliphatic hydroxyl groups excluding tert-OH is 1. The quantitative estimate of drug-likeness (QED) is 0.773. The van der Waals surface area contributed by atoms with E-state index in [0.717, 1.165) is 42.3 Å². The summed E-state index contributed by atoms with van der Waals surface area (Å²) < 4.78 is 0. The van der Waals surface area contributed by atoms with Gasteiger partial charge in [0.05, 0.1) is 6.10 Å². The van der Waals surface area contributed by atoms with Crippen molar-refractivity contribution >= 4 is 17.3 Å². The summed E-state index contributed by atoms with van der Waals surface area (Å²) in [4.78, 5) is 2.16. The summed E-state index contributed by atoms with van der Waals surface area (Å²) in [5, 5.41) is 13.6. The third-order valence-corrected chi connectivity index (χ3v) is 3.60. The summed E-state index contributed by atoms with van der Waals surface area (Å²) in [6, 6.07) is 5.99. The lowest BCUT2D eigenvalue weighted by molar-refractivity contribution is 0.187. The van der Waals surface area contributed by atoms with Gasteiger partial charge in [0.2, 0.25) is 0 Å². The predicted octanol–water partition coefficient (Wildman–Crippen LogP) is 3.29. The van der Waals surface area contributed by atoms with Crippen LogP contribution >= 0.6 is 11.6 Å². The molecule has 0 bridgehead atoms. The fourth-order valence-electron chi connectivity index (χ4n) is 2.07. The largest absolute Gasteiger partial charge is 0.393 e. The number of nitrogens with zero attached hydrogens (tertiary/aromatic N) is 1. The van der Waals surface area contributed by atoms with E-state index in [-0.39, 0.29) is 6.10 Å². The maximum atomic E-state index is 9.41. The Morgan fingerprint density at radius 3 is 2.60 bits per heavy atom. The molecule has 114 valence electrons. The van der Waals surface area contributed by atoms with E-state index in [9.17, 15) is 5.11 Å². The zero-order chi connectivity index (χ0) is 15.1. The molecule has 1 rings (SSSR count). The molecule has 0 saturated heterocycles. The van der Waals surface area contributed by atoms with E-state index in [1.54, 1.807) is 0 Å². The van der Waals surface area contributed by atoms with Crippen LogP contribution in [0.5, 0.6) is 0 Å². The molecule has 20 heavy (non-hydrogen) atoms. The smallest absolute Gasteiger partial charge is 0.0528 e. The van der Waals surface area contributed by atoms with E-state index in [1.165, 1.54) is 0 Å². The Labute approximate surface area is 127 Å². The highest BCUT2D eigenvalue weighted by molar-refractivity contribution is 6.31. The van der Waals surface area contributed by atoms with Crippen molar-refractivity contribution in [1.82, 2.24) is 5.32 Å². The minimum atomic E-state index is -0.279. The van der Waals surface area contributed by atoms with Gasteiger partial charge in [0.25, 0.3) is 0 Å². The zero-order valence-corrected chi connectivity index (χ0v) is 13.7. The van der Waals surface area contributed by atoms with Gasteiger partial charge in [-0.3, -0.25) is 0 Å². The van der Waals surface area contributed by atoms with Gasteiger partial charge >= 0.3 is 0 Å². The minimum Gasteiger partial charge on any atom is -0.393 e. The molecule has 1 aromatic rings. The van der Waals surface area contributed by atoms with Crippen LogP contribution in [0, 0.1) is 5.92 Å². The lowest BCUT2D eigenvalue weighted by atomic mass is 10.1. The minimum absolute atomic E-state index is 0.279. The number of nitrogens with one attached hydrogen (secondary N) is 1. The number of hydrogen-bond donors (Lipinski definition) is 2. The second kappa shape index (κ2) is 8.50. The normalized spacial score (nSPS) is 12.8. The topological polar surface area (TPSA) is 35.5 Å². The molecule has 0 amide bonds. The van der Waals surface area contributed by atoms with E-state index < -0.39 is 0 Å². The van der Waals surface area contributed by atoms with Gasteiger partial charge in [-0.2, -0.15) is 0 Å². The van der Waals surface area contributed by atoms with Gasteiger partial charge in [-0.25, -0.2) is 0 Å². The summed E-state index contributed by atoms with van der Waals surface area (Å²) >= 11 is 6.34. The van der Waals surface area contributed by atoms with Crippen molar-refractivity contribution in [2.45, 2.75) is 39.8 Å². The highest BCUT2D eigenvalue weighted by Gasteiger charge is 2.11. The number of halogens is 1. The van der Waals surface area contributed by atoms with Gasteiger partial charge in [-0.15, -0.1) is 0 Å². The lowest BCUT2D eigenvalue weighted by Gasteiger charge is -2.24. The molecule has 0 aliphatic carbocycles. The van der Waals surface area contributed by atoms with Crippen molar-refractivity contribution in [2.24, 2.45) is 5.92 Å². The summed E-state index contributed by atoms with van der Waals surface area (Å²) in [7, 11) is 2.04. The predicted molar refractivity (Wildman–Crippen MR) is 87.6 cm³/mol. The fraction of sp³-hybridized carbons (Fsp3) is 0.625. The molecule has 0 aromatic heterocycles. The molecule has 3 nitrogen and oxygen atoms in total. The fourth-order valence-corrected chi connectivity index (χ4v) is 2.30. The molecule has 0 spiro atoms. The molecule has 0 heterocycles. The molecule has 0 aliphatic rings.